The van der Waals surface area contributed by atoms with Crippen LogP contribution in [-0.2, 0) is 0 Å². The van der Waals surface area contributed by atoms with Crippen LogP contribution < -0.4 is 0 Å². The van der Waals surface area contributed by atoms with Crippen molar-refractivity contribution >= 4 is 85.3 Å². The Morgan fingerprint density at radius 1 is 0.472 bits per heavy atom. The van der Waals surface area contributed by atoms with Crippen LogP contribution in [-0.4, -0.2) is 32.5 Å². The third-order valence-corrected chi connectivity index (χ3v) is 12.4. The fraction of sp³-hybridized carbons (Fsp3) is 0.200. The molecule has 0 aromatic heterocycles. The molecule has 3 aromatic carbocycles. The first kappa shape index (κ1) is 28.0. The third-order valence-electron chi connectivity index (χ3n) is 5.50. The van der Waals surface area contributed by atoms with Gasteiger partial charge in [-0.05, 0) is 53.7 Å². The molecule has 0 N–H and O–H groups in total. The fourth-order valence-electron chi connectivity index (χ4n) is 3.75. The quantitative estimate of drug-likeness (QED) is 0.244. The monoisotopic (exact) mass is 582 g/mol. The van der Waals surface area contributed by atoms with Gasteiger partial charge in [0, 0.05) is 14.7 Å². The van der Waals surface area contributed by atoms with Gasteiger partial charge in [-0.3, -0.25) is 0 Å². The minimum Gasteiger partial charge on any atom is -0.129 e. The van der Waals surface area contributed by atoms with Gasteiger partial charge in [0.05, 0.1) is 13.7 Å². The molecular formula is C30H30S6. The van der Waals surface area contributed by atoms with Crippen molar-refractivity contribution in [3.8, 4) is 0 Å². The Labute approximate surface area is 242 Å². The molecule has 36 heavy (non-hydrogen) atoms. The molecule has 0 bridgehead atoms. The van der Waals surface area contributed by atoms with E-state index in [0.29, 0.717) is 13.7 Å². The molecule has 0 radical (unpaired) electrons. The van der Waals surface area contributed by atoms with E-state index >= 15 is 0 Å². The Morgan fingerprint density at radius 3 is 0.944 bits per heavy atom. The van der Waals surface area contributed by atoms with E-state index in [1.165, 1.54) is 31.4 Å². The second kappa shape index (κ2) is 14.8. The highest BCUT2D eigenvalue weighted by Crippen LogP contribution is 2.51. The van der Waals surface area contributed by atoms with E-state index < -0.39 is 0 Å². The van der Waals surface area contributed by atoms with E-state index in [9.17, 15) is 0 Å². The molecule has 0 amide bonds. The summed E-state index contributed by atoms with van der Waals surface area (Å²) in [5.41, 5.74) is 3.89. The van der Waals surface area contributed by atoms with Crippen molar-refractivity contribution in [3.05, 3.63) is 126 Å². The zero-order valence-corrected chi connectivity index (χ0v) is 25.5. The molecule has 1 aliphatic rings. The first-order chi connectivity index (χ1) is 17.7. The zero-order chi connectivity index (χ0) is 25.2. The molecule has 0 nitrogen and oxygen atoms in total. The molecule has 1 saturated heterocycles. The maximum Gasteiger partial charge on any atom is 0.0724 e. The molecule has 0 spiro atoms. The Balaban J connectivity index is 1.67. The van der Waals surface area contributed by atoms with E-state index in [1.807, 2.05) is 35.3 Å². The first-order valence-corrected chi connectivity index (χ1v) is 18.1. The normalized spacial score (nSPS) is 21.4. The summed E-state index contributed by atoms with van der Waals surface area (Å²) >= 11 is 11.7. The number of thioether (sulfide) groups is 6. The van der Waals surface area contributed by atoms with Gasteiger partial charge in [0.2, 0.25) is 0 Å². The average Bonchev–Trinajstić information content (AvgIpc) is 2.94. The first-order valence-electron chi connectivity index (χ1n) is 11.6. The lowest BCUT2D eigenvalue weighted by molar-refractivity contribution is 1.49. The van der Waals surface area contributed by atoms with E-state index in [4.69, 9.17) is 0 Å². The average molecular weight is 583 g/mol. The Hall–Kier alpha value is -1.02. The van der Waals surface area contributed by atoms with Gasteiger partial charge in [0.25, 0.3) is 0 Å². The van der Waals surface area contributed by atoms with Crippen LogP contribution >= 0.6 is 70.6 Å². The molecule has 1 fully saturated rings. The van der Waals surface area contributed by atoms with Gasteiger partial charge < -0.3 is 0 Å². The standard InChI is InChI=1S/C30H30S6/c1-31-25(22-13-7-4-8-14-22)19-28-34-29(20-26(32-2)23-15-9-5-10-16-23)36-30(35-28)21-27(33-3)24-17-11-6-12-18-24/h4-21,28-30H,1-3H3. The smallest absolute Gasteiger partial charge is 0.0724 e. The molecule has 0 saturated carbocycles. The minimum atomic E-state index is 0.370. The fourth-order valence-corrected chi connectivity index (χ4v) is 11.8. The summed E-state index contributed by atoms with van der Waals surface area (Å²) in [6, 6.07) is 32.3. The molecule has 1 heterocycles. The van der Waals surface area contributed by atoms with Gasteiger partial charge in [-0.25, -0.2) is 0 Å². The van der Waals surface area contributed by atoms with Crippen molar-refractivity contribution in [3.63, 3.8) is 0 Å². The molecule has 6 heteroatoms. The topological polar surface area (TPSA) is 0 Å². The third kappa shape index (κ3) is 7.99. The van der Waals surface area contributed by atoms with Gasteiger partial charge in [-0.2, -0.15) is 0 Å². The van der Waals surface area contributed by atoms with Crippen LogP contribution in [0.5, 0.6) is 0 Å². The maximum absolute atomic E-state index is 2.47. The van der Waals surface area contributed by atoms with Crippen LogP contribution in [0.1, 0.15) is 16.7 Å². The van der Waals surface area contributed by atoms with Crippen molar-refractivity contribution < 1.29 is 0 Å². The van der Waals surface area contributed by atoms with Crippen LogP contribution in [0.25, 0.3) is 14.7 Å². The van der Waals surface area contributed by atoms with Gasteiger partial charge in [-0.1, -0.05) is 91.0 Å². The Kier molecular flexibility index (Phi) is 11.5. The highest BCUT2D eigenvalue weighted by Gasteiger charge is 2.29. The number of benzene rings is 3. The molecule has 0 aliphatic carbocycles. The van der Waals surface area contributed by atoms with Crippen molar-refractivity contribution in [2.45, 2.75) is 13.7 Å². The highest BCUT2D eigenvalue weighted by atomic mass is 32.3. The van der Waals surface area contributed by atoms with E-state index in [-0.39, 0.29) is 0 Å². The molecular weight excluding hydrogens is 553 g/mol. The lowest BCUT2D eigenvalue weighted by Gasteiger charge is -2.31. The van der Waals surface area contributed by atoms with Crippen LogP contribution in [0.15, 0.2) is 109 Å². The zero-order valence-electron chi connectivity index (χ0n) is 20.6. The molecule has 0 atom stereocenters. The van der Waals surface area contributed by atoms with E-state index in [2.05, 4.69) is 163 Å². The predicted octanol–water partition coefficient (Wildman–Crippen LogP) is 10.4. The minimum absolute atomic E-state index is 0.370. The maximum atomic E-state index is 2.47. The molecule has 0 unspecified atom stereocenters. The SMILES string of the molecule is CSC(=CC1SC(C=C(SC)c2ccccc2)SC(C=C(SC)c2ccccc2)S1)c1ccccc1. The van der Waals surface area contributed by atoms with Gasteiger partial charge >= 0.3 is 0 Å². The Bertz CT molecular complexity index is 1010. The predicted molar refractivity (Wildman–Crippen MR) is 178 cm³/mol. The summed E-state index contributed by atoms with van der Waals surface area (Å²) in [7, 11) is 0. The summed E-state index contributed by atoms with van der Waals surface area (Å²) in [5.74, 6) is 0. The largest absolute Gasteiger partial charge is 0.129 e. The number of hydrogen-bond donors (Lipinski definition) is 0. The van der Waals surface area contributed by atoms with Crippen LogP contribution in [0.4, 0.5) is 0 Å². The summed E-state index contributed by atoms with van der Waals surface area (Å²) < 4.78 is 1.11. The van der Waals surface area contributed by atoms with Gasteiger partial charge in [-0.15, -0.1) is 70.6 Å². The van der Waals surface area contributed by atoms with Gasteiger partial charge in [0.15, 0.2) is 0 Å². The number of hydrogen-bond acceptors (Lipinski definition) is 6. The van der Waals surface area contributed by atoms with E-state index in [0.717, 1.165) is 0 Å². The van der Waals surface area contributed by atoms with Crippen molar-refractivity contribution in [2.24, 2.45) is 0 Å². The van der Waals surface area contributed by atoms with Crippen LogP contribution in [0, 0.1) is 0 Å². The van der Waals surface area contributed by atoms with E-state index in [1.54, 1.807) is 0 Å². The lowest BCUT2D eigenvalue weighted by atomic mass is 10.2. The van der Waals surface area contributed by atoms with Crippen molar-refractivity contribution in [2.75, 3.05) is 18.8 Å². The molecule has 186 valence electrons. The molecule has 3 aromatic rings. The molecule has 1 aliphatic heterocycles. The number of rotatable bonds is 9. The Morgan fingerprint density at radius 2 is 0.722 bits per heavy atom. The van der Waals surface area contributed by atoms with Crippen LogP contribution in [0.2, 0.25) is 0 Å². The lowest BCUT2D eigenvalue weighted by Crippen LogP contribution is -2.15. The summed E-state index contributed by atoms with van der Waals surface area (Å²) in [5, 5.41) is 0. The summed E-state index contributed by atoms with van der Waals surface area (Å²) in [4.78, 5) is 4.04. The van der Waals surface area contributed by atoms with Gasteiger partial charge in [0.1, 0.15) is 0 Å². The highest BCUT2D eigenvalue weighted by molar-refractivity contribution is 8.34. The van der Waals surface area contributed by atoms with Crippen LogP contribution in [0.3, 0.4) is 0 Å². The summed E-state index contributed by atoms with van der Waals surface area (Å²) in [6.45, 7) is 0. The van der Waals surface area contributed by atoms with Crippen molar-refractivity contribution in [1.82, 2.24) is 0 Å². The molecule has 4 rings (SSSR count). The van der Waals surface area contributed by atoms with Crippen molar-refractivity contribution in [1.29, 1.82) is 0 Å². The summed E-state index contributed by atoms with van der Waals surface area (Å²) in [6.07, 6.45) is 14.0. The second-order valence-corrected chi connectivity index (χ2v) is 15.1. The second-order valence-electron chi connectivity index (χ2n) is 7.82.